The summed E-state index contributed by atoms with van der Waals surface area (Å²) >= 11 is 1.50. The summed E-state index contributed by atoms with van der Waals surface area (Å²) in [5.74, 6) is -4.53. The molecule has 1 rings (SSSR count). The summed E-state index contributed by atoms with van der Waals surface area (Å²) in [7, 11) is 1.44. The molecule has 1 aromatic carbocycles. The normalized spacial score (nSPS) is 13.3. The van der Waals surface area contributed by atoms with E-state index in [4.69, 9.17) is 17.2 Å². The Morgan fingerprint density at radius 3 is 1.61 bits per heavy atom. The van der Waals surface area contributed by atoms with E-state index >= 15 is 0 Å². The van der Waals surface area contributed by atoms with Gasteiger partial charge in [-0.25, -0.2) is 0 Å². The number of carbonyl (C=O) groups excluding carboxylic acids is 8. The molecule has 20 heteroatoms. The Morgan fingerprint density at radius 2 is 1.08 bits per heavy atom. The van der Waals surface area contributed by atoms with Crippen molar-refractivity contribution in [2.45, 2.75) is 153 Å². The van der Waals surface area contributed by atoms with Gasteiger partial charge in [-0.2, -0.15) is 11.8 Å². The number of thioether (sulfide) groups is 1. The number of aromatic hydroxyl groups is 1. The molecule has 0 saturated carbocycles. The summed E-state index contributed by atoms with van der Waals surface area (Å²) in [5, 5.41) is 28.3. The Labute approximate surface area is 382 Å². The lowest BCUT2D eigenvalue weighted by Gasteiger charge is -2.26. The molecule has 5 atom stereocenters. The highest BCUT2D eigenvalue weighted by atomic mass is 32.2. The molecule has 0 aliphatic carbocycles. The van der Waals surface area contributed by atoms with Crippen molar-refractivity contribution < 1.29 is 43.5 Å². The number of hydrogen-bond acceptors (Lipinski definition) is 12. The van der Waals surface area contributed by atoms with E-state index in [0.717, 1.165) is 25.7 Å². The Morgan fingerprint density at radius 1 is 0.578 bits per heavy atom. The Bertz CT molecular complexity index is 1590. The van der Waals surface area contributed by atoms with Gasteiger partial charge in [0.15, 0.2) is 0 Å². The van der Waals surface area contributed by atoms with Crippen molar-refractivity contribution in [3.63, 3.8) is 0 Å². The molecule has 0 fully saturated rings. The third-order valence-electron chi connectivity index (χ3n) is 10.4. The fraction of sp³-hybridized carbons (Fsp3) is 0.682. The monoisotopic (exact) mass is 921 g/mol. The molecule has 362 valence electrons. The topological polar surface area (TPSA) is 319 Å². The molecular formula is C44H76N10O9S. The second kappa shape index (κ2) is 34.5. The molecule has 0 heterocycles. The third-order valence-corrected chi connectivity index (χ3v) is 11.1. The maximum atomic E-state index is 14.0. The van der Waals surface area contributed by atoms with Crippen LogP contribution in [0, 0.1) is 0 Å². The van der Waals surface area contributed by atoms with Crippen molar-refractivity contribution in [3.8, 4) is 5.75 Å². The molecule has 0 radical (unpaired) electrons. The van der Waals surface area contributed by atoms with Gasteiger partial charge in [-0.05, 0) is 101 Å². The summed E-state index contributed by atoms with van der Waals surface area (Å²) < 4.78 is 0. The van der Waals surface area contributed by atoms with E-state index in [1.54, 1.807) is 12.1 Å². The van der Waals surface area contributed by atoms with Crippen LogP contribution in [0.1, 0.15) is 122 Å². The Hall–Kier alpha value is -4.95. The average molecular weight is 921 g/mol. The number of primary amides is 1. The standard InChI is InChI=1S/C44H76N10O9S/c1-4-5-6-7-8-9-10-17-38(57)50-35(24-27-64-3)41(60)49-29-39(58)51-36(28-30-18-20-31(55)21-19-30)44(63)54-34(22-23-37(47)56)43(62)53-33(16-12-14-26-46)42(61)52-32(40(59)48-2)15-11-13-25-45/h18-21,32-36,55H,4-17,22-29,45-46H2,1-3H3,(H2,47,56)(H,48,59)(H,49,60)(H,50,57)(H,51,58)(H,52,61)(H,53,62)(H,54,63)/t32-,33-,34-,35-,36-/m0/s1. The number of phenols is 1. The van der Waals surface area contributed by atoms with Gasteiger partial charge in [-0.3, -0.25) is 38.4 Å². The first kappa shape index (κ1) is 57.1. The maximum absolute atomic E-state index is 14.0. The number of hydrogen-bond donors (Lipinski definition) is 11. The number of amides is 8. The van der Waals surface area contributed by atoms with Gasteiger partial charge < -0.3 is 59.5 Å². The molecule has 19 nitrogen and oxygen atoms in total. The molecule has 0 spiro atoms. The van der Waals surface area contributed by atoms with E-state index in [1.807, 2.05) is 6.26 Å². The predicted octanol–water partition coefficient (Wildman–Crippen LogP) is 0.638. The minimum atomic E-state index is -1.41. The smallest absolute Gasteiger partial charge is 0.243 e. The molecule has 8 amide bonds. The van der Waals surface area contributed by atoms with E-state index in [0.29, 0.717) is 69.4 Å². The molecule has 0 saturated heterocycles. The molecule has 64 heavy (non-hydrogen) atoms. The fourth-order valence-corrected chi connectivity index (χ4v) is 7.17. The van der Waals surface area contributed by atoms with E-state index < -0.39 is 78.1 Å². The van der Waals surface area contributed by atoms with E-state index in [-0.39, 0.29) is 43.8 Å². The maximum Gasteiger partial charge on any atom is 0.243 e. The number of unbranched alkanes of at least 4 members (excludes halogenated alkanes) is 8. The first-order valence-corrected chi connectivity index (χ1v) is 24.0. The first-order valence-electron chi connectivity index (χ1n) is 22.6. The summed E-state index contributed by atoms with van der Waals surface area (Å²) in [4.78, 5) is 106. The van der Waals surface area contributed by atoms with Gasteiger partial charge in [-0.1, -0.05) is 57.6 Å². The van der Waals surface area contributed by atoms with Gasteiger partial charge in [0.2, 0.25) is 47.3 Å². The number of nitrogens with one attached hydrogen (secondary N) is 7. The molecule has 0 aromatic heterocycles. The van der Waals surface area contributed by atoms with Gasteiger partial charge >= 0.3 is 0 Å². The zero-order valence-electron chi connectivity index (χ0n) is 38.1. The molecule has 0 aliphatic heterocycles. The van der Waals surface area contributed by atoms with E-state index in [1.165, 1.54) is 43.8 Å². The lowest BCUT2D eigenvalue weighted by Crippen LogP contribution is -2.59. The third kappa shape index (κ3) is 25.4. The van der Waals surface area contributed by atoms with Gasteiger partial charge in [0.25, 0.3) is 0 Å². The lowest BCUT2D eigenvalue weighted by atomic mass is 10.0. The SMILES string of the molecule is CCCCCCCCCC(=O)N[C@@H](CCSC)C(=O)NCC(=O)N[C@@H](Cc1ccc(O)cc1)C(=O)N[C@@H](CCC(N)=O)C(=O)N[C@@H](CCCCN)C(=O)N[C@@H](CCCCN)C(=O)NC. The molecule has 0 aliphatic rings. The van der Waals surface area contributed by atoms with E-state index in [9.17, 15) is 43.5 Å². The molecular weight excluding hydrogens is 845 g/mol. The zero-order valence-corrected chi connectivity index (χ0v) is 38.9. The minimum absolute atomic E-state index is 0.0347. The van der Waals surface area contributed by atoms with Crippen molar-refractivity contribution in [1.82, 2.24) is 37.2 Å². The molecule has 1 aromatic rings. The number of phenolic OH excluding ortho intramolecular Hbond substituents is 1. The molecule has 0 unspecified atom stereocenters. The minimum Gasteiger partial charge on any atom is -0.508 e. The summed E-state index contributed by atoms with van der Waals surface area (Å²) in [5.41, 5.74) is 17.2. The first-order chi connectivity index (χ1) is 30.7. The van der Waals surface area contributed by atoms with Crippen LogP contribution in [0.4, 0.5) is 0 Å². The van der Waals surface area contributed by atoms with Crippen LogP contribution in [0.3, 0.4) is 0 Å². The van der Waals surface area contributed by atoms with Crippen LogP contribution in [-0.2, 0) is 44.8 Å². The highest BCUT2D eigenvalue weighted by Crippen LogP contribution is 2.13. The van der Waals surface area contributed by atoms with Crippen LogP contribution in [0.25, 0.3) is 0 Å². The van der Waals surface area contributed by atoms with Crippen molar-refractivity contribution in [2.75, 3.05) is 38.7 Å². The van der Waals surface area contributed by atoms with Crippen LogP contribution in [0.5, 0.6) is 5.75 Å². The highest BCUT2D eigenvalue weighted by Gasteiger charge is 2.32. The molecule has 0 bridgehead atoms. The number of rotatable bonds is 36. The largest absolute Gasteiger partial charge is 0.508 e. The van der Waals surface area contributed by atoms with Crippen molar-refractivity contribution in [3.05, 3.63) is 29.8 Å². The highest BCUT2D eigenvalue weighted by molar-refractivity contribution is 7.98. The van der Waals surface area contributed by atoms with Crippen LogP contribution >= 0.6 is 11.8 Å². The summed E-state index contributed by atoms with van der Waals surface area (Å²) in [6, 6.07) is 0.181. The van der Waals surface area contributed by atoms with E-state index in [2.05, 4.69) is 44.1 Å². The molecule has 14 N–H and O–H groups in total. The van der Waals surface area contributed by atoms with Gasteiger partial charge in [0, 0.05) is 26.3 Å². The fourth-order valence-electron chi connectivity index (χ4n) is 6.70. The second-order valence-corrected chi connectivity index (χ2v) is 16.8. The zero-order chi connectivity index (χ0) is 47.7. The van der Waals surface area contributed by atoms with Gasteiger partial charge in [-0.15, -0.1) is 0 Å². The van der Waals surface area contributed by atoms with Crippen molar-refractivity contribution >= 4 is 59.0 Å². The quantitative estimate of drug-likeness (QED) is 0.0414. The van der Waals surface area contributed by atoms with Gasteiger partial charge in [0.1, 0.15) is 36.0 Å². The average Bonchev–Trinajstić information content (AvgIpc) is 3.27. The van der Waals surface area contributed by atoms with Crippen LogP contribution in [0.2, 0.25) is 0 Å². The second-order valence-electron chi connectivity index (χ2n) is 15.9. The number of benzene rings is 1. The Kier molecular flexibility index (Phi) is 30.7. The van der Waals surface area contributed by atoms with Crippen LogP contribution < -0.4 is 54.4 Å². The number of carbonyl (C=O) groups is 8. The predicted molar refractivity (Wildman–Crippen MR) is 248 cm³/mol. The number of nitrogens with two attached hydrogens (primary N) is 3. The van der Waals surface area contributed by atoms with Crippen LogP contribution in [-0.4, -0.2) is 121 Å². The Balaban J connectivity index is 3.23. The van der Waals surface area contributed by atoms with Crippen molar-refractivity contribution in [2.24, 2.45) is 17.2 Å². The summed E-state index contributed by atoms with van der Waals surface area (Å²) in [6.07, 6.45) is 11.7. The lowest BCUT2D eigenvalue weighted by molar-refractivity contribution is -0.135. The summed E-state index contributed by atoms with van der Waals surface area (Å²) in [6.45, 7) is 2.34. The van der Waals surface area contributed by atoms with Gasteiger partial charge in [0.05, 0.1) is 6.54 Å². The van der Waals surface area contributed by atoms with Crippen LogP contribution in [0.15, 0.2) is 24.3 Å². The van der Waals surface area contributed by atoms with Crippen molar-refractivity contribution in [1.29, 1.82) is 0 Å². The number of likely N-dealkylation sites (N-methyl/N-ethyl adjacent to an activating group) is 1.